The van der Waals surface area contributed by atoms with Gasteiger partial charge in [0.15, 0.2) is 0 Å². The number of aromatic nitrogens is 1. The van der Waals surface area contributed by atoms with Crippen LogP contribution in [0.1, 0.15) is 23.2 Å². The van der Waals surface area contributed by atoms with Crippen LogP contribution in [0.15, 0.2) is 53.6 Å². The second kappa shape index (κ2) is 7.43. The van der Waals surface area contributed by atoms with Crippen LogP contribution in [0.3, 0.4) is 0 Å². The smallest absolute Gasteiger partial charge is 0.267 e. The van der Waals surface area contributed by atoms with Gasteiger partial charge < -0.3 is 16.0 Å². The number of nitrogens with two attached hydrogens (primary N) is 1. The fourth-order valence-electron chi connectivity index (χ4n) is 3.59. The minimum absolute atomic E-state index is 0.186. The highest BCUT2D eigenvalue weighted by molar-refractivity contribution is 6.40. The van der Waals surface area contributed by atoms with E-state index in [2.05, 4.69) is 28.4 Å². The Morgan fingerprint density at radius 1 is 1.21 bits per heavy atom. The van der Waals surface area contributed by atoms with Gasteiger partial charge >= 0.3 is 0 Å². The lowest BCUT2D eigenvalue weighted by atomic mass is 10.1. The van der Waals surface area contributed by atoms with Crippen molar-refractivity contribution < 1.29 is 9.59 Å². The van der Waals surface area contributed by atoms with E-state index in [1.807, 2.05) is 49.4 Å². The lowest BCUT2D eigenvalue weighted by molar-refractivity contribution is -0.119. The quantitative estimate of drug-likeness (QED) is 0.625. The summed E-state index contributed by atoms with van der Waals surface area (Å²) in [5.41, 5.74) is 11.0. The fourth-order valence-corrected chi connectivity index (χ4v) is 3.59. The van der Waals surface area contributed by atoms with Crippen LogP contribution < -0.4 is 16.1 Å². The Balaban J connectivity index is 1.49. The number of rotatable bonds is 5. The first-order chi connectivity index (χ1) is 13.9. The normalized spacial score (nSPS) is 16.1. The lowest BCUT2D eigenvalue weighted by Gasteiger charge is -2.20. The molecular weight excluding hydrogens is 366 g/mol. The summed E-state index contributed by atoms with van der Waals surface area (Å²) < 4.78 is 0. The van der Waals surface area contributed by atoms with Gasteiger partial charge in [-0.2, -0.15) is 5.10 Å². The van der Waals surface area contributed by atoms with Crippen molar-refractivity contribution in [1.29, 1.82) is 0 Å². The molecule has 2 aromatic carbocycles. The second-order valence-corrected chi connectivity index (χ2v) is 7.29. The SMILES string of the molecule is Cc1[nH]c2ccc(CNC(=O)C3=NN(c4ccccc4)C(C(N)=O)C3)cc2c1C. The highest BCUT2D eigenvalue weighted by Crippen LogP contribution is 2.25. The van der Waals surface area contributed by atoms with Gasteiger partial charge in [-0.05, 0) is 49.2 Å². The predicted molar refractivity (Wildman–Crippen MR) is 114 cm³/mol. The summed E-state index contributed by atoms with van der Waals surface area (Å²) in [6.07, 6.45) is 0.186. The molecule has 1 aliphatic heterocycles. The van der Waals surface area contributed by atoms with E-state index in [-0.39, 0.29) is 12.3 Å². The number of carbonyl (C=O) groups excluding carboxylic acids is 2. The fraction of sp³-hybridized carbons (Fsp3) is 0.227. The Labute approximate surface area is 168 Å². The van der Waals surface area contributed by atoms with Gasteiger partial charge in [-0.3, -0.25) is 14.6 Å². The van der Waals surface area contributed by atoms with Gasteiger partial charge in [-0.1, -0.05) is 24.3 Å². The third kappa shape index (κ3) is 3.59. The lowest BCUT2D eigenvalue weighted by Crippen LogP contribution is -2.39. The van der Waals surface area contributed by atoms with E-state index >= 15 is 0 Å². The van der Waals surface area contributed by atoms with Crippen LogP contribution in [0.4, 0.5) is 5.69 Å². The zero-order valence-corrected chi connectivity index (χ0v) is 16.4. The van der Waals surface area contributed by atoms with E-state index in [0.717, 1.165) is 27.8 Å². The number of H-pyrrole nitrogens is 1. The number of fused-ring (bicyclic) bond motifs is 1. The molecule has 4 rings (SSSR count). The number of aromatic amines is 1. The Morgan fingerprint density at radius 2 is 1.97 bits per heavy atom. The number of hydrogen-bond acceptors (Lipinski definition) is 4. The summed E-state index contributed by atoms with van der Waals surface area (Å²) in [6, 6.07) is 14.6. The number of para-hydroxylation sites is 1. The highest BCUT2D eigenvalue weighted by atomic mass is 16.2. The van der Waals surface area contributed by atoms with Gasteiger partial charge in [0.2, 0.25) is 5.91 Å². The molecule has 0 aliphatic carbocycles. The molecule has 3 aromatic rings. The summed E-state index contributed by atoms with van der Waals surface area (Å²) in [5.74, 6) is -0.805. The average Bonchev–Trinajstić information content (AvgIpc) is 3.29. The summed E-state index contributed by atoms with van der Waals surface area (Å²) in [6.45, 7) is 4.50. The van der Waals surface area contributed by atoms with E-state index in [9.17, 15) is 9.59 Å². The number of amides is 2. The molecule has 0 saturated carbocycles. The van der Waals surface area contributed by atoms with Crippen molar-refractivity contribution in [2.24, 2.45) is 10.8 Å². The molecule has 4 N–H and O–H groups in total. The molecule has 0 saturated heterocycles. The number of primary amides is 1. The van der Waals surface area contributed by atoms with Crippen molar-refractivity contribution in [2.45, 2.75) is 32.9 Å². The number of benzene rings is 2. The minimum atomic E-state index is -0.667. The first-order valence-corrected chi connectivity index (χ1v) is 9.51. The standard InChI is InChI=1S/C22H23N5O2/c1-13-14(2)25-18-9-8-15(10-17(13)18)12-24-22(29)19-11-20(21(23)28)27(26-19)16-6-4-3-5-7-16/h3-10,20,25H,11-12H2,1-2H3,(H2,23,28)(H,24,29). The second-order valence-electron chi connectivity index (χ2n) is 7.29. The first-order valence-electron chi connectivity index (χ1n) is 9.51. The number of anilines is 1. The number of hydrazone groups is 1. The number of nitrogens with one attached hydrogen (secondary N) is 2. The molecule has 0 bridgehead atoms. The number of hydrogen-bond donors (Lipinski definition) is 3. The van der Waals surface area contributed by atoms with Crippen LogP contribution in [-0.2, 0) is 16.1 Å². The van der Waals surface area contributed by atoms with Crippen LogP contribution in [0.25, 0.3) is 10.9 Å². The molecule has 0 radical (unpaired) electrons. The molecule has 2 heterocycles. The average molecular weight is 389 g/mol. The van der Waals surface area contributed by atoms with Gasteiger partial charge in [0.05, 0.1) is 5.69 Å². The number of carbonyl (C=O) groups is 2. The molecule has 1 unspecified atom stereocenters. The minimum Gasteiger partial charge on any atom is -0.368 e. The largest absolute Gasteiger partial charge is 0.368 e. The molecule has 29 heavy (non-hydrogen) atoms. The topological polar surface area (TPSA) is 104 Å². The highest BCUT2D eigenvalue weighted by Gasteiger charge is 2.34. The summed E-state index contributed by atoms with van der Waals surface area (Å²) in [7, 11) is 0. The van der Waals surface area contributed by atoms with E-state index in [0.29, 0.717) is 12.3 Å². The Hall–Kier alpha value is -3.61. The maximum atomic E-state index is 12.7. The zero-order valence-electron chi connectivity index (χ0n) is 16.4. The molecule has 7 heteroatoms. The van der Waals surface area contributed by atoms with Gasteiger partial charge in [-0.25, -0.2) is 0 Å². The molecule has 0 spiro atoms. The van der Waals surface area contributed by atoms with Crippen molar-refractivity contribution >= 4 is 34.1 Å². The third-order valence-corrected chi connectivity index (χ3v) is 5.35. The number of aryl methyl sites for hydroxylation is 2. The summed E-state index contributed by atoms with van der Waals surface area (Å²) in [5, 5.41) is 9.95. The third-order valence-electron chi connectivity index (χ3n) is 5.35. The Morgan fingerprint density at radius 3 is 2.69 bits per heavy atom. The first kappa shape index (κ1) is 18.7. The Bertz CT molecular complexity index is 1120. The van der Waals surface area contributed by atoms with Gasteiger partial charge in [0.25, 0.3) is 5.91 Å². The zero-order chi connectivity index (χ0) is 20.5. The van der Waals surface area contributed by atoms with E-state index in [4.69, 9.17) is 5.73 Å². The molecule has 2 amide bonds. The van der Waals surface area contributed by atoms with Gasteiger partial charge in [0.1, 0.15) is 11.8 Å². The maximum absolute atomic E-state index is 12.7. The van der Waals surface area contributed by atoms with Crippen molar-refractivity contribution in [3.63, 3.8) is 0 Å². The molecule has 1 aliphatic rings. The molecule has 7 nitrogen and oxygen atoms in total. The molecule has 0 fully saturated rings. The van der Waals surface area contributed by atoms with E-state index in [1.165, 1.54) is 10.6 Å². The van der Waals surface area contributed by atoms with Crippen LogP contribution >= 0.6 is 0 Å². The molecule has 148 valence electrons. The monoisotopic (exact) mass is 389 g/mol. The van der Waals surface area contributed by atoms with Crippen LogP contribution in [-0.4, -0.2) is 28.6 Å². The van der Waals surface area contributed by atoms with Gasteiger partial charge in [0, 0.05) is 29.6 Å². The van der Waals surface area contributed by atoms with Crippen molar-refractivity contribution in [3.05, 3.63) is 65.4 Å². The molecule has 1 aromatic heterocycles. The van der Waals surface area contributed by atoms with E-state index in [1.54, 1.807) is 0 Å². The van der Waals surface area contributed by atoms with Crippen LogP contribution in [0.2, 0.25) is 0 Å². The molecule has 1 atom stereocenters. The maximum Gasteiger partial charge on any atom is 0.267 e. The summed E-state index contributed by atoms with van der Waals surface area (Å²) >= 11 is 0. The number of nitrogens with zero attached hydrogens (tertiary/aromatic N) is 2. The predicted octanol–water partition coefficient (Wildman–Crippen LogP) is 2.52. The van der Waals surface area contributed by atoms with E-state index < -0.39 is 11.9 Å². The Kier molecular flexibility index (Phi) is 4.80. The summed E-state index contributed by atoms with van der Waals surface area (Å²) in [4.78, 5) is 27.9. The molecular formula is C22H23N5O2. The van der Waals surface area contributed by atoms with Crippen LogP contribution in [0.5, 0.6) is 0 Å². The van der Waals surface area contributed by atoms with Gasteiger partial charge in [-0.15, -0.1) is 0 Å². The van der Waals surface area contributed by atoms with Crippen molar-refractivity contribution in [2.75, 3.05) is 5.01 Å². The van der Waals surface area contributed by atoms with Crippen molar-refractivity contribution in [1.82, 2.24) is 10.3 Å². The van der Waals surface area contributed by atoms with Crippen molar-refractivity contribution in [3.8, 4) is 0 Å². The van der Waals surface area contributed by atoms with Crippen LogP contribution in [0, 0.1) is 13.8 Å².